The molecule has 4 aliphatic rings. The Balaban J connectivity index is 1.18. The highest BCUT2D eigenvalue weighted by Crippen LogP contribution is 2.69. The second-order valence-corrected chi connectivity index (χ2v) is 22.4. The van der Waals surface area contributed by atoms with E-state index in [1.807, 2.05) is 36.4 Å². The Hall–Kier alpha value is -9.06. The third-order valence-electron chi connectivity index (χ3n) is 17.8. The van der Waals surface area contributed by atoms with Crippen molar-refractivity contribution in [3.8, 4) is 11.1 Å². The van der Waals surface area contributed by atoms with Crippen molar-refractivity contribution in [2.24, 2.45) is 9.98 Å². The van der Waals surface area contributed by atoms with Gasteiger partial charge in [0, 0.05) is 66.0 Å². The van der Waals surface area contributed by atoms with Gasteiger partial charge in [-0.25, -0.2) is 9.98 Å². The number of hydrogen-bond donors (Lipinski definition) is 0. The number of rotatable bonds is 12. The average molecular weight is 1030 g/mol. The molecule has 0 amide bonds. The van der Waals surface area contributed by atoms with Crippen LogP contribution in [0.25, 0.3) is 65.6 Å². The molecule has 0 saturated carbocycles. The smallest absolute Gasteiger partial charge is 0.194 e. The Morgan fingerprint density at radius 3 is 1.27 bits per heavy atom. The molecule has 0 radical (unpaired) electrons. The van der Waals surface area contributed by atoms with Crippen LogP contribution in [-0.2, 0) is 24.7 Å². The van der Waals surface area contributed by atoms with Crippen LogP contribution >= 0.6 is 0 Å². The molecule has 0 saturated heterocycles. The standard InChI is InChI=1S/C75H59N3O2/c1-4-7-20-45-33-39-48(40-34-45)76-69-53-25-12-14-27-55(53)71-67(69)75(60-32-19-18-31-59(60)63-65-61(51-23-10-16-29-57(51)73(65)79)64-62(66(63)75)52-24-11-17-30-58(52)74(64)80)68-70(77-49-41-35-46(36-42-49)21-8-5-2)54-26-13-15-28-56(54)72(68)78(71)50-43-37-47(38-44-50)22-9-6-3/h10-19,23-44H,4-9,20-22H2,1-3H3. The van der Waals surface area contributed by atoms with Crippen LogP contribution in [-0.4, -0.2) is 11.4 Å². The molecule has 3 aliphatic carbocycles. The first-order chi connectivity index (χ1) is 39.4. The molecule has 0 unspecified atom stereocenters. The molecule has 0 aromatic heterocycles. The maximum Gasteiger partial charge on any atom is 0.194 e. The van der Waals surface area contributed by atoms with Crippen molar-refractivity contribution in [3.05, 3.63) is 276 Å². The summed E-state index contributed by atoms with van der Waals surface area (Å²) >= 11 is 0. The largest absolute Gasteiger partial charge is 0.308 e. The third-order valence-corrected chi connectivity index (χ3v) is 17.8. The summed E-state index contributed by atoms with van der Waals surface area (Å²) in [6.07, 6.45) is 9.73. The van der Waals surface area contributed by atoms with Gasteiger partial charge in [0.2, 0.25) is 0 Å². The van der Waals surface area contributed by atoms with Crippen molar-refractivity contribution in [2.45, 2.75) is 84.0 Å². The number of nitrogens with zero attached hydrogens (tertiary/aromatic N) is 3. The number of hydrogen-bond acceptors (Lipinski definition) is 5. The molecular formula is C75H59N3O2. The van der Waals surface area contributed by atoms with Crippen LogP contribution in [0.2, 0.25) is 0 Å². The Labute approximate surface area is 466 Å². The molecule has 5 nitrogen and oxygen atoms in total. The Morgan fingerprint density at radius 1 is 0.388 bits per heavy atom. The maximum atomic E-state index is 15.9. The van der Waals surface area contributed by atoms with Crippen LogP contribution in [0.3, 0.4) is 0 Å². The summed E-state index contributed by atoms with van der Waals surface area (Å²) in [5, 5.41) is 5.73. The van der Waals surface area contributed by atoms with E-state index >= 15 is 9.59 Å². The second kappa shape index (κ2) is 18.8. The first-order valence-electron chi connectivity index (χ1n) is 29.0. The number of unbranched alkanes of at least 4 members (excludes halogenated alkanes) is 3. The fourth-order valence-electron chi connectivity index (χ4n) is 14.3. The Bertz CT molecular complexity index is 4480. The van der Waals surface area contributed by atoms with Gasteiger partial charge < -0.3 is 4.90 Å². The van der Waals surface area contributed by atoms with E-state index in [-0.39, 0.29) is 10.9 Å². The van der Waals surface area contributed by atoms with Crippen LogP contribution in [0.4, 0.5) is 17.1 Å². The normalized spacial score (nSPS) is 17.0. The van der Waals surface area contributed by atoms with Crippen molar-refractivity contribution >= 4 is 83.0 Å². The van der Waals surface area contributed by atoms with Gasteiger partial charge in [0.15, 0.2) is 10.9 Å². The summed E-state index contributed by atoms with van der Waals surface area (Å²) in [6.45, 7) is 6.73. The lowest BCUT2D eigenvalue weighted by Gasteiger charge is -2.45. The summed E-state index contributed by atoms with van der Waals surface area (Å²) in [5.74, 6) is 0. The molecule has 0 atom stereocenters. The number of anilines is 1. The topological polar surface area (TPSA) is 62.1 Å². The van der Waals surface area contributed by atoms with Gasteiger partial charge in [0.25, 0.3) is 0 Å². The minimum atomic E-state index is -1.22. The third kappa shape index (κ3) is 6.82. The highest BCUT2D eigenvalue weighted by molar-refractivity contribution is 6.41. The molecule has 1 spiro atoms. The lowest BCUT2D eigenvalue weighted by atomic mass is 9.61. The van der Waals surface area contributed by atoms with Gasteiger partial charge in [0.1, 0.15) is 0 Å². The summed E-state index contributed by atoms with van der Waals surface area (Å²) in [4.78, 5) is 46.2. The van der Waals surface area contributed by atoms with Gasteiger partial charge in [0.05, 0.1) is 39.6 Å². The molecule has 0 fully saturated rings. The van der Waals surface area contributed by atoms with Crippen molar-refractivity contribution < 1.29 is 0 Å². The van der Waals surface area contributed by atoms with Crippen molar-refractivity contribution in [2.75, 3.05) is 4.90 Å². The molecule has 1 heterocycles. The zero-order chi connectivity index (χ0) is 53.8. The predicted octanol–water partition coefficient (Wildman–Crippen LogP) is 17.8. The molecule has 80 heavy (non-hydrogen) atoms. The molecule has 0 N–H and O–H groups in total. The molecular weight excluding hydrogens is 975 g/mol. The van der Waals surface area contributed by atoms with Gasteiger partial charge in [-0.05, 0) is 130 Å². The Morgan fingerprint density at radius 2 is 0.787 bits per heavy atom. The van der Waals surface area contributed by atoms with Crippen LogP contribution in [0, 0.1) is 0 Å². The summed E-state index contributed by atoms with van der Waals surface area (Å²) in [6, 6.07) is 69.3. The average Bonchev–Trinajstić information content (AvgIpc) is 4.22. The highest BCUT2D eigenvalue weighted by Gasteiger charge is 2.62. The van der Waals surface area contributed by atoms with Crippen molar-refractivity contribution in [1.29, 1.82) is 0 Å². The van der Waals surface area contributed by atoms with Crippen molar-refractivity contribution in [3.63, 3.8) is 0 Å². The van der Waals surface area contributed by atoms with E-state index in [1.54, 1.807) is 0 Å². The van der Waals surface area contributed by atoms with Crippen LogP contribution in [0.1, 0.15) is 109 Å². The zero-order valence-electron chi connectivity index (χ0n) is 45.5. The summed E-state index contributed by atoms with van der Waals surface area (Å²) in [5.41, 5.74) is 19.1. The van der Waals surface area contributed by atoms with Crippen LogP contribution < -0.4 is 15.8 Å². The molecule has 0 bridgehead atoms. The van der Waals surface area contributed by atoms with Gasteiger partial charge in [-0.15, -0.1) is 0 Å². The monoisotopic (exact) mass is 1030 g/mol. The molecule has 11 aromatic carbocycles. The minimum absolute atomic E-state index is 0.0622. The summed E-state index contributed by atoms with van der Waals surface area (Å²) in [7, 11) is 0. The van der Waals surface area contributed by atoms with Crippen LogP contribution in [0.15, 0.2) is 225 Å². The number of benzene rings is 9. The van der Waals surface area contributed by atoms with E-state index in [2.05, 4.69) is 183 Å². The van der Waals surface area contributed by atoms with E-state index < -0.39 is 5.41 Å². The highest BCUT2D eigenvalue weighted by atomic mass is 16.1. The predicted molar refractivity (Wildman–Crippen MR) is 334 cm³/mol. The van der Waals surface area contributed by atoms with E-state index in [9.17, 15) is 0 Å². The first-order valence-corrected chi connectivity index (χ1v) is 29.0. The van der Waals surface area contributed by atoms with Crippen LogP contribution in [0.5, 0.6) is 0 Å². The second-order valence-electron chi connectivity index (χ2n) is 22.4. The van der Waals surface area contributed by atoms with Gasteiger partial charge in [-0.2, -0.15) is 0 Å². The first kappa shape index (κ1) is 48.1. The number of aryl methyl sites for hydroxylation is 3. The van der Waals surface area contributed by atoms with Gasteiger partial charge >= 0.3 is 0 Å². The van der Waals surface area contributed by atoms with E-state index in [4.69, 9.17) is 9.98 Å². The van der Waals surface area contributed by atoms with Crippen molar-refractivity contribution in [1.82, 2.24) is 0 Å². The zero-order valence-corrected chi connectivity index (χ0v) is 45.5. The van der Waals surface area contributed by atoms with E-state index in [0.29, 0.717) is 21.5 Å². The lowest BCUT2D eigenvalue weighted by Crippen LogP contribution is -2.42. The van der Waals surface area contributed by atoms with Gasteiger partial charge in [-0.1, -0.05) is 198 Å². The fraction of sp³-hybridized carbons (Fsp3) is 0.173. The fourth-order valence-corrected chi connectivity index (χ4v) is 14.3. The molecule has 11 aromatic rings. The Kier molecular flexibility index (Phi) is 11.3. The van der Waals surface area contributed by atoms with E-state index in [0.717, 1.165) is 175 Å². The molecule has 15 rings (SSSR count). The number of aliphatic imine (C=N–C) groups is 2. The SMILES string of the molecule is CCCCc1ccc(N=C2C3=C(c4ccccc42)N(c2ccc(CCCC)cc2)C2=C(C(=Nc4ccc(CCCC)cc4)c4ccccc42)C32c3ccccc3-c3c2c2c4ccccc4c(=O)c2c2c3c(=O)c3ccccc32)cc1. The maximum absolute atomic E-state index is 15.9. The molecule has 1 aliphatic heterocycles. The number of fused-ring (bicyclic) bond motifs is 20. The molecule has 5 heteroatoms. The molecule has 386 valence electrons. The number of allylic oxidation sites excluding steroid dienone is 2. The minimum Gasteiger partial charge on any atom is -0.308 e. The lowest BCUT2D eigenvalue weighted by molar-refractivity contribution is 0.789. The van der Waals surface area contributed by atoms with E-state index in [1.165, 1.54) is 16.7 Å². The quantitative estimate of drug-likeness (QED) is 0.122. The summed E-state index contributed by atoms with van der Waals surface area (Å²) < 4.78 is 0. The van der Waals surface area contributed by atoms with Gasteiger partial charge in [-0.3, -0.25) is 9.59 Å².